The summed E-state index contributed by atoms with van der Waals surface area (Å²) in [5.74, 6) is 0.474. The molecule has 0 spiro atoms. The summed E-state index contributed by atoms with van der Waals surface area (Å²) in [6.07, 6.45) is -0.620. The molecule has 1 fully saturated rings. The summed E-state index contributed by atoms with van der Waals surface area (Å²) in [5.41, 5.74) is 5.53. The summed E-state index contributed by atoms with van der Waals surface area (Å²) in [5, 5.41) is -0.799. The van der Waals surface area contributed by atoms with Crippen LogP contribution in [0.25, 0.3) is 0 Å². The topological polar surface area (TPSA) is 38.9 Å². The minimum absolute atomic E-state index is 0.474. The van der Waals surface area contributed by atoms with Gasteiger partial charge in [0.1, 0.15) is 0 Å². The number of aromatic nitrogens is 1. The Balaban J connectivity index is 2.25. The van der Waals surface area contributed by atoms with E-state index < -0.39 is 16.7 Å². The third-order valence-corrected chi connectivity index (χ3v) is 4.30. The van der Waals surface area contributed by atoms with Crippen LogP contribution in [0.2, 0.25) is 0 Å². The molecule has 0 saturated heterocycles. The fraction of sp³-hybridized carbons (Fsp3) is 0.700. The van der Waals surface area contributed by atoms with Gasteiger partial charge in [0.05, 0.1) is 5.54 Å². The molecule has 2 unspecified atom stereocenters. The Morgan fingerprint density at radius 1 is 1.56 bits per heavy atom. The Bertz CT molecular complexity index is 388. The Morgan fingerprint density at radius 3 is 2.69 bits per heavy atom. The molecule has 0 radical (unpaired) electrons. The van der Waals surface area contributed by atoms with Crippen LogP contribution >= 0.6 is 11.3 Å². The first kappa shape index (κ1) is 11.9. The standard InChI is InChI=1S/C10H13F3N2S/c1-6-2-3-9(14,4-6)7-5-15-8(16-7)10(11,12)13/h5-6H,2-4,14H2,1H3. The van der Waals surface area contributed by atoms with Crippen LogP contribution in [-0.2, 0) is 11.7 Å². The first-order valence-electron chi connectivity index (χ1n) is 5.14. The molecule has 1 aliphatic carbocycles. The minimum Gasteiger partial charge on any atom is -0.321 e. The lowest BCUT2D eigenvalue weighted by Gasteiger charge is -2.21. The van der Waals surface area contributed by atoms with E-state index in [1.54, 1.807) is 0 Å². The van der Waals surface area contributed by atoms with Gasteiger partial charge in [-0.25, -0.2) is 4.98 Å². The van der Waals surface area contributed by atoms with Gasteiger partial charge in [0.25, 0.3) is 0 Å². The largest absolute Gasteiger partial charge is 0.443 e. The van der Waals surface area contributed by atoms with E-state index in [1.807, 2.05) is 0 Å². The van der Waals surface area contributed by atoms with Gasteiger partial charge in [0.15, 0.2) is 5.01 Å². The van der Waals surface area contributed by atoms with Gasteiger partial charge in [-0.2, -0.15) is 13.2 Å². The van der Waals surface area contributed by atoms with Crippen molar-refractivity contribution in [2.24, 2.45) is 11.7 Å². The van der Waals surface area contributed by atoms with E-state index in [1.165, 1.54) is 6.20 Å². The summed E-state index contributed by atoms with van der Waals surface area (Å²) in [6, 6.07) is 0. The highest BCUT2D eigenvalue weighted by atomic mass is 32.1. The normalized spacial score (nSPS) is 30.9. The molecular weight excluding hydrogens is 237 g/mol. The van der Waals surface area contributed by atoms with Crippen molar-refractivity contribution >= 4 is 11.3 Å². The van der Waals surface area contributed by atoms with Gasteiger partial charge >= 0.3 is 6.18 Å². The zero-order chi connectivity index (χ0) is 12.0. The molecule has 1 heterocycles. The van der Waals surface area contributed by atoms with E-state index >= 15 is 0 Å². The van der Waals surface area contributed by atoms with Crippen molar-refractivity contribution < 1.29 is 13.2 Å². The molecule has 1 aromatic heterocycles. The van der Waals surface area contributed by atoms with Gasteiger partial charge < -0.3 is 5.73 Å². The summed E-state index contributed by atoms with van der Waals surface area (Å²) in [6.45, 7) is 2.07. The van der Waals surface area contributed by atoms with Gasteiger partial charge in [0, 0.05) is 11.1 Å². The highest BCUT2D eigenvalue weighted by molar-refractivity contribution is 7.11. The smallest absolute Gasteiger partial charge is 0.321 e. The van der Waals surface area contributed by atoms with Crippen LogP contribution in [0.3, 0.4) is 0 Å². The molecular formula is C10H13F3N2S. The average molecular weight is 250 g/mol. The first-order chi connectivity index (χ1) is 7.31. The second-order valence-electron chi connectivity index (χ2n) is 4.53. The number of nitrogens with two attached hydrogens (primary N) is 1. The molecule has 0 aromatic carbocycles. The molecule has 1 saturated carbocycles. The van der Waals surface area contributed by atoms with E-state index in [-0.39, 0.29) is 0 Å². The third-order valence-electron chi connectivity index (χ3n) is 3.03. The fourth-order valence-corrected chi connectivity index (χ4v) is 3.11. The number of hydrogen-bond donors (Lipinski definition) is 1. The molecule has 1 aromatic rings. The maximum absolute atomic E-state index is 12.4. The monoisotopic (exact) mass is 250 g/mol. The van der Waals surface area contributed by atoms with Crippen molar-refractivity contribution in [1.29, 1.82) is 0 Å². The number of thiazole rings is 1. The maximum Gasteiger partial charge on any atom is 0.443 e. The molecule has 1 aliphatic rings. The molecule has 2 atom stereocenters. The molecule has 6 heteroatoms. The lowest BCUT2D eigenvalue weighted by atomic mass is 9.96. The van der Waals surface area contributed by atoms with E-state index in [0.717, 1.165) is 19.3 Å². The minimum atomic E-state index is -4.36. The number of alkyl halides is 3. The highest BCUT2D eigenvalue weighted by Gasteiger charge is 2.40. The van der Waals surface area contributed by atoms with Crippen molar-refractivity contribution in [2.75, 3.05) is 0 Å². The van der Waals surface area contributed by atoms with Crippen LogP contribution in [0.15, 0.2) is 6.20 Å². The lowest BCUT2D eigenvalue weighted by molar-refractivity contribution is -0.137. The molecule has 0 aliphatic heterocycles. The molecule has 90 valence electrons. The second kappa shape index (κ2) is 3.70. The Morgan fingerprint density at radius 2 is 2.25 bits per heavy atom. The Kier molecular flexibility index (Phi) is 2.74. The predicted molar refractivity (Wildman–Crippen MR) is 56.0 cm³/mol. The molecule has 0 bridgehead atoms. The zero-order valence-corrected chi connectivity index (χ0v) is 9.66. The molecule has 2 rings (SSSR count). The van der Waals surface area contributed by atoms with E-state index in [2.05, 4.69) is 11.9 Å². The van der Waals surface area contributed by atoms with Crippen molar-refractivity contribution in [3.05, 3.63) is 16.1 Å². The van der Waals surface area contributed by atoms with E-state index in [0.29, 0.717) is 22.1 Å². The number of rotatable bonds is 1. The molecule has 16 heavy (non-hydrogen) atoms. The van der Waals surface area contributed by atoms with Crippen LogP contribution in [0.5, 0.6) is 0 Å². The summed E-state index contributed by atoms with van der Waals surface area (Å²) in [4.78, 5) is 3.98. The Hall–Kier alpha value is -0.620. The zero-order valence-electron chi connectivity index (χ0n) is 8.84. The first-order valence-corrected chi connectivity index (χ1v) is 5.95. The molecule has 2 N–H and O–H groups in total. The van der Waals surface area contributed by atoms with Gasteiger partial charge in [0.2, 0.25) is 0 Å². The average Bonchev–Trinajstić information content (AvgIpc) is 2.71. The van der Waals surface area contributed by atoms with Crippen LogP contribution < -0.4 is 5.73 Å². The summed E-state index contributed by atoms with van der Waals surface area (Å²) < 4.78 is 37.2. The van der Waals surface area contributed by atoms with Crippen LogP contribution in [0, 0.1) is 5.92 Å². The number of halogens is 3. The fourth-order valence-electron chi connectivity index (χ4n) is 2.19. The Labute approximate surface area is 95.7 Å². The third kappa shape index (κ3) is 2.08. The number of hydrogen-bond acceptors (Lipinski definition) is 3. The second-order valence-corrected chi connectivity index (χ2v) is 5.56. The lowest BCUT2D eigenvalue weighted by Crippen LogP contribution is -2.32. The predicted octanol–water partition coefficient (Wildman–Crippen LogP) is 3.14. The summed E-state index contributed by atoms with van der Waals surface area (Å²) >= 11 is 0.677. The van der Waals surface area contributed by atoms with Gasteiger partial charge in [-0.15, -0.1) is 11.3 Å². The quantitative estimate of drug-likeness (QED) is 0.831. The molecule has 2 nitrogen and oxygen atoms in total. The van der Waals surface area contributed by atoms with Crippen molar-refractivity contribution in [3.8, 4) is 0 Å². The molecule has 0 amide bonds. The van der Waals surface area contributed by atoms with Crippen LogP contribution in [-0.4, -0.2) is 4.98 Å². The van der Waals surface area contributed by atoms with E-state index in [4.69, 9.17) is 5.73 Å². The van der Waals surface area contributed by atoms with Crippen LogP contribution in [0.4, 0.5) is 13.2 Å². The van der Waals surface area contributed by atoms with Gasteiger partial charge in [-0.3, -0.25) is 0 Å². The van der Waals surface area contributed by atoms with Gasteiger partial charge in [-0.1, -0.05) is 6.92 Å². The number of nitrogens with zero attached hydrogens (tertiary/aromatic N) is 1. The van der Waals surface area contributed by atoms with Crippen molar-refractivity contribution in [1.82, 2.24) is 4.98 Å². The van der Waals surface area contributed by atoms with E-state index in [9.17, 15) is 13.2 Å². The van der Waals surface area contributed by atoms with Gasteiger partial charge in [-0.05, 0) is 25.2 Å². The SMILES string of the molecule is CC1CCC(N)(c2cnc(C(F)(F)F)s2)C1. The van der Waals surface area contributed by atoms with Crippen molar-refractivity contribution in [2.45, 2.75) is 37.9 Å². The maximum atomic E-state index is 12.4. The summed E-state index contributed by atoms with van der Waals surface area (Å²) in [7, 11) is 0. The van der Waals surface area contributed by atoms with Crippen LogP contribution in [0.1, 0.15) is 36.1 Å². The van der Waals surface area contributed by atoms with Crippen molar-refractivity contribution in [3.63, 3.8) is 0 Å². The highest BCUT2D eigenvalue weighted by Crippen LogP contribution is 2.43.